The molecule has 10 heteroatoms. The minimum Gasteiger partial charge on any atom is -0.377 e. The van der Waals surface area contributed by atoms with Gasteiger partial charge in [-0.25, -0.2) is 0 Å². The number of para-hydroxylation sites is 1. The Hall–Kier alpha value is -2.75. The third-order valence-electron chi connectivity index (χ3n) is 4.06. The van der Waals surface area contributed by atoms with Gasteiger partial charge in [0.25, 0.3) is 5.69 Å². The van der Waals surface area contributed by atoms with Crippen molar-refractivity contribution in [3.05, 3.63) is 69.8 Å². The lowest BCUT2D eigenvalue weighted by Gasteiger charge is -2.39. The van der Waals surface area contributed by atoms with Crippen molar-refractivity contribution >= 4 is 11.4 Å². The van der Waals surface area contributed by atoms with E-state index in [2.05, 4.69) is 0 Å². The van der Waals surface area contributed by atoms with E-state index < -0.39 is 39.4 Å². The number of nitrogens with zero attached hydrogens (tertiary/aromatic N) is 2. The Morgan fingerprint density at radius 1 is 1.00 bits per heavy atom. The molecule has 0 saturated heterocycles. The average Bonchev–Trinajstić information content (AvgIpc) is 2.59. The molecule has 0 aliphatic heterocycles. The van der Waals surface area contributed by atoms with Gasteiger partial charge >= 0.3 is 12.1 Å². The molecule has 1 atom stereocenters. The van der Waals surface area contributed by atoms with E-state index in [1.54, 1.807) is 0 Å². The number of halogens is 5. The Labute approximate surface area is 150 Å². The molecule has 0 bridgehead atoms. The van der Waals surface area contributed by atoms with Crippen molar-refractivity contribution in [3.63, 3.8) is 0 Å². The molecular formula is C17H15F5N2O3. The first-order valence-corrected chi connectivity index (χ1v) is 7.52. The third-order valence-corrected chi connectivity index (χ3v) is 4.06. The molecule has 0 aliphatic carbocycles. The van der Waals surface area contributed by atoms with E-state index in [9.17, 15) is 37.2 Å². The Bertz CT molecular complexity index is 854. The monoisotopic (exact) mass is 390 g/mol. The molecule has 146 valence electrons. The molecule has 0 aliphatic rings. The second-order valence-electron chi connectivity index (χ2n) is 6.00. The number of alkyl halides is 5. The summed E-state index contributed by atoms with van der Waals surface area (Å²) in [6.45, 7) is 0. The summed E-state index contributed by atoms with van der Waals surface area (Å²) in [5.74, 6) is -5.64. The minimum absolute atomic E-state index is 0.101. The van der Waals surface area contributed by atoms with Crippen LogP contribution in [-0.2, 0) is 5.60 Å². The van der Waals surface area contributed by atoms with Crippen LogP contribution < -0.4 is 4.90 Å². The zero-order chi connectivity index (χ0) is 20.6. The summed E-state index contributed by atoms with van der Waals surface area (Å²) >= 11 is 0. The maximum absolute atomic E-state index is 14.6. The minimum atomic E-state index is -6.12. The van der Waals surface area contributed by atoms with Gasteiger partial charge in [-0.1, -0.05) is 30.3 Å². The summed E-state index contributed by atoms with van der Waals surface area (Å²) in [4.78, 5) is 11.2. The van der Waals surface area contributed by atoms with Crippen LogP contribution in [0.2, 0.25) is 0 Å². The molecule has 2 aromatic carbocycles. The van der Waals surface area contributed by atoms with Crippen LogP contribution in [0.4, 0.5) is 33.3 Å². The van der Waals surface area contributed by atoms with E-state index >= 15 is 0 Å². The summed E-state index contributed by atoms with van der Waals surface area (Å²) in [6, 6.07) is 7.93. The highest BCUT2D eigenvalue weighted by atomic mass is 19.4. The standard InChI is InChI=1S/C17H15F5N2O3/c1-23(2)14-9-4-3-8-13(14)15(25,16(18,19)17(20,21)22)11-6-5-7-12(10-11)24(26)27/h3-10,25H,1-2H3. The van der Waals surface area contributed by atoms with Crippen LogP contribution in [0, 0.1) is 10.1 Å². The number of nitro benzene ring substituents is 1. The van der Waals surface area contributed by atoms with Gasteiger partial charge in [0.15, 0.2) is 5.60 Å². The smallest absolute Gasteiger partial charge is 0.377 e. The summed E-state index contributed by atoms with van der Waals surface area (Å²) in [5.41, 5.74) is -6.41. The van der Waals surface area contributed by atoms with Gasteiger partial charge in [0, 0.05) is 43.0 Å². The highest BCUT2D eigenvalue weighted by molar-refractivity contribution is 5.60. The first-order valence-electron chi connectivity index (χ1n) is 7.52. The lowest BCUT2D eigenvalue weighted by molar-refractivity contribution is -0.385. The van der Waals surface area contributed by atoms with E-state index in [1.807, 2.05) is 0 Å². The number of anilines is 1. The van der Waals surface area contributed by atoms with Gasteiger partial charge in [-0.05, 0) is 6.07 Å². The van der Waals surface area contributed by atoms with Crippen LogP contribution in [0.3, 0.4) is 0 Å². The molecule has 1 N–H and O–H groups in total. The van der Waals surface area contributed by atoms with Crippen molar-refractivity contribution in [1.82, 2.24) is 0 Å². The van der Waals surface area contributed by atoms with E-state index in [0.29, 0.717) is 6.07 Å². The largest absolute Gasteiger partial charge is 0.457 e. The van der Waals surface area contributed by atoms with Crippen LogP contribution in [0.5, 0.6) is 0 Å². The first-order chi connectivity index (χ1) is 12.3. The van der Waals surface area contributed by atoms with E-state index in [-0.39, 0.29) is 5.69 Å². The fourth-order valence-corrected chi connectivity index (χ4v) is 2.73. The molecule has 5 nitrogen and oxygen atoms in total. The van der Waals surface area contributed by atoms with Crippen LogP contribution in [-0.4, -0.2) is 36.2 Å². The SMILES string of the molecule is CN(C)c1ccccc1C(O)(c1cccc([N+](=O)[O-])c1)C(F)(F)C(F)(F)F. The van der Waals surface area contributed by atoms with Gasteiger partial charge in [0.05, 0.1) is 4.92 Å². The number of benzene rings is 2. The molecular weight excluding hydrogens is 375 g/mol. The predicted octanol–water partition coefficient (Wildman–Crippen LogP) is 4.09. The lowest BCUT2D eigenvalue weighted by Crippen LogP contribution is -2.56. The first kappa shape index (κ1) is 20.6. The van der Waals surface area contributed by atoms with E-state index in [4.69, 9.17) is 0 Å². The van der Waals surface area contributed by atoms with E-state index in [0.717, 1.165) is 24.3 Å². The van der Waals surface area contributed by atoms with Crippen molar-refractivity contribution in [3.8, 4) is 0 Å². The molecule has 0 fully saturated rings. The fraction of sp³-hybridized carbons (Fsp3) is 0.294. The lowest BCUT2D eigenvalue weighted by atomic mass is 9.79. The summed E-state index contributed by atoms with van der Waals surface area (Å²) in [6.07, 6.45) is -6.12. The van der Waals surface area contributed by atoms with Gasteiger partial charge in [0.2, 0.25) is 0 Å². The third kappa shape index (κ3) is 3.32. The Kier molecular flexibility index (Phi) is 5.15. The Balaban J connectivity index is 2.91. The molecule has 2 aromatic rings. The molecule has 0 heterocycles. The number of non-ortho nitro benzene ring substituents is 1. The van der Waals surface area contributed by atoms with Crippen LogP contribution in [0.15, 0.2) is 48.5 Å². The van der Waals surface area contributed by atoms with Gasteiger partial charge < -0.3 is 10.0 Å². The van der Waals surface area contributed by atoms with Crippen molar-refractivity contribution in [2.24, 2.45) is 0 Å². The van der Waals surface area contributed by atoms with Crippen LogP contribution >= 0.6 is 0 Å². The Morgan fingerprint density at radius 3 is 2.11 bits per heavy atom. The Morgan fingerprint density at radius 2 is 1.59 bits per heavy atom. The van der Waals surface area contributed by atoms with Crippen LogP contribution in [0.25, 0.3) is 0 Å². The molecule has 2 rings (SSSR count). The van der Waals surface area contributed by atoms with Gasteiger partial charge in [-0.3, -0.25) is 10.1 Å². The normalized spacial score (nSPS) is 14.5. The molecule has 0 saturated carbocycles. The summed E-state index contributed by atoms with van der Waals surface area (Å²) < 4.78 is 68.8. The molecule has 0 spiro atoms. The van der Waals surface area contributed by atoms with E-state index in [1.165, 1.54) is 37.2 Å². The van der Waals surface area contributed by atoms with Gasteiger partial charge in [-0.15, -0.1) is 0 Å². The average molecular weight is 390 g/mol. The van der Waals surface area contributed by atoms with Crippen LogP contribution in [0.1, 0.15) is 11.1 Å². The maximum Gasteiger partial charge on any atom is 0.457 e. The zero-order valence-electron chi connectivity index (χ0n) is 14.2. The van der Waals surface area contributed by atoms with Crippen molar-refractivity contribution < 1.29 is 32.0 Å². The number of aliphatic hydroxyl groups is 1. The number of hydrogen-bond donors (Lipinski definition) is 1. The second-order valence-corrected chi connectivity index (χ2v) is 6.00. The molecule has 0 amide bonds. The highest BCUT2D eigenvalue weighted by Crippen LogP contribution is 2.53. The maximum atomic E-state index is 14.6. The van der Waals surface area contributed by atoms with Crippen molar-refractivity contribution in [2.75, 3.05) is 19.0 Å². The topological polar surface area (TPSA) is 66.6 Å². The molecule has 27 heavy (non-hydrogen) atoms. The van der Waals surface area contributed by atoms with Crippen molar-refractivity contribution in [2.45, 2.75) is 17.7 Å². The highest BCUT2D eigenvalue weighted by Gasteiger charge is 2.71. The van der Waals surface area contributed by atoms with Gasteiger partial charge in [-0.2, -0.15) is 22.0 Å². The summed E-state index contributed by atoms with van der Waals surface area (Å²) in [7, 11) is 2.80. The quantitative estimate of drug-likeness (QED) is 0.474. The second kappa shape index (κ2) is 6.76. The van der Waals surface area contributed by atoms with Gasteiger partial charge in [0.1, 0.15) is 0 Å². The molecule has 1 unspecified atom stereocenters. The zero-order valence-corrected chi connectivity index (χ0v) is 14.2. The number of nitro groups is 1. The summed E-state index contributed by atoms with van der Waals surface area (Å²) in [5, 5.41) is 21.8. The van der Waals surface area contributed by atoms with Crippen molar-refractivity contribution in [1.29, 1.82) is 0 Å². The molecule has 0 aromatic heterocycles. The fourth-order valence-electron chi connectivity index (χ4n) is 2.73. The molecule has 0 radical (unpaired) electrons. The number of rotatable bonds is 5. The number of hydrogen-bond acceptors (Lipinski definition) is 4. The predicted molar refractivity (Wildman–Crippen MR) is 87.9 cm³/mol.